The van der Waals surface area contributed by atoms with Crippen LogP contribution in [-0.2, 0) is 11.2 Å². The van der Waals surface area contributed by atoms with Crippen molar-refractivity contribution in [2.75, 3.05) is 0 Å². The van der Waals surface area contributed by atoms with Crippen molar-refractivity contribution in [3.63, 3.8) is 0 Å². The second-order valence-corrected chi connectivity index (χ2v) is 3.03. The van der Waals surface area contributed by atoms with E-state index in [1.807, 2.05) is 13.8 Å². The molecule has 3 heteroatoms. The highest BCUT2D eigenvalue weighted by molar-refractivity contribution is 5.92. The fourth-order valence-electron chi connectivity index (χ4n) is 1.22. The van der Waals surface area contributed by atoms with Crippen LogP contribution in [0.25, 0.3) is 0 Å². The standard InChI is InChI=1S/C11H12O3.C2H6/c1-2-9(12)7-8-5-3-4-6-10(8)11(13)14;1-2/h3-6H,2,7H2,1H3,(H,13,14);1-2H3. The van der Waals surface area contributed by atoms with Gasteiger partial charge in [0.25, 0.3) is 0 Å². The molecule has 0 aliphatic carbocycles. The molecule has 0 bridgehead atoms. The Morgan fingerprint density at radius 1 is 1.19 bits per heavy atom. The summed E-state index contributed by atoms with van der Waals surface area (Å²) in [6, 6.07) is 6.59. The molecule has 0 fully saturated rings. The highest BCUT2D eigenvalue weighted by atomic mass is 16.4. The van der Waals surface area contributed by atoms with E-state index in [0.717, 1.165) is 0 Å². The summed E-state index contributed by atoms with van der Waals surface area (Å²) in [6.45, 7) is 5.77. The molecule has 0 saturated carbocycles. The molecule has 0 unspecified atom stereocenters. The Bertz CT molecular complexity index is 356. The van der Waals surface area contributed by atoms with Gasteiger partial charge in [-0.1, -0.05) is 39.0 Å². The zero-order valence-electron chi connectivity index (χ0n) is 9.99. The van der Waals surface area contributed by atoms with Crippen molar-refractivity contribution in [3.8, 4) is 0 Å². The third-order valence-corrected chi connectivity index (χ3v) is 2.03. The smallest absolute Gasteiger partial charge is 0.335 e. The van der Waals surface area contributed by atoms with Gasteiger partial charge in [0.05, 0.1) is 5.56 Å². The Balaban J connectivity index is 0.00000106. The Morgan fingerprint density at radius 3 is 2.25 bits per heavy atom. The second-order valence-electron chi connectivity index (χ2n) is 3.03. The lowest BCUT2D eigenvalue weighted by atomic mass is 10.0. The minimum atomic E-state index is -0.982. The molecule has 0 saturated heterocycles. The van der Waals surface area contributed by atoms with Crippen LogP contribution >= 0.6 is 0 Å². The maximum absolute atomic E-state index is 11.2. The van der Waals surface area contributed by atoms with E-state index in [9.17, 15) is 9.59 Å². The van der Waals surface area contributed by atoms with Gasteiger partial charge in [-0.15, -0.1) is 0 Å². The molecule has 0 amide bonds. The SMILES string of the molecule is CC.CCC(=O)Cc1ccccc1C(=O)O. The van der Waals surface area contributed by atoms with Crippen molar-refractivity contribution in [2.45, 2.75) is 33.6 Å². The molecule has 0 radical (unpaired) electrons. The summed E-state index contributed by atoms with van der Waals surface area (Å²) in [5.41, 5.74) is 0.807. The molecule has 0 aromatic heterocycles. The van der Waals surface area contributed by atoms with E-state index in [2.05, 4.69) is 0 Å². The van der Waals surface area contributed by atoms with Gasteiger partial charge in [-0.25, -0.2) is 4.79 Å². The van der Waals surface area contributed by atoms with Gasteiger partial charge in [-0.05, 0) is 11.6 Å². The molecular weight excluding hydrogens is 204 g/mol. The monoisotopic (exact) mass is 222 g/mol. The van der Waals surface area contributed by atoms with Crippen molar-refractivity contribution >= 4 is 11.8 Å². The lowest BCUT2D eigenvalue weighted by Gasteiger charge is -2.03. The fourth-order valence-corrected chi connectivity index (χ4v) is 1.22. The number of hydrogen-bond acceptors (Lipinski definition) is 2. The number of hydrogen-bond donors (Lipinski definition) is 1. The normalized spacial score (nSPS) is 8.94. The van der Waals surface area contributed by atoms with Gasteiger partial charge in [-0.3, -0.25) is 4.79 Å². The summed E-state index contributed by atoms with van der Waals surface area (Å²) < 4.78 is 0. The van der Waals surface area contributed by atoms with Gasteiger partial charge in [0.2, 0.25) is 0 Å². The average Bonchev–Trinajstić information content (AvgIpc) is 2.32. The van der Waals surface area contributed by atoms with Crippen molar-refractivity contribution in [1.82, 2.24) is 0 Å². The fraction of sp³-hybridized carbons (Fsp3) is 0.385. The molecule has 3 nitrogen and oxygen atoms in total. The summed E-state index contributed by atoms with van der Waals surface area (Å²) in [7, 11) is 0. The molecule has 16 heavy (non-hydrogen) atoms. The first-order chi connectivity index (χ1) is 7.65. The molecule has 1 aromatic carbocycles. The van der Waals surface area contributed by atoms with E-state index in [0.29, 0.717) is 12.0 Å². The van der Waals surface area contributed by atoms with Crippen LogP contribution in [0.5, 0.6) is 0 Å². The van der Waals surface area contributed by atoms with E-state index in [1.54, 1.807) is 25.1 Å². The Morgan fingerprint density at radius 2 is 1.75 bits per heavy atom. The Hall–Kier alpha value is -1.64. The van der Waals surface area contributed by atoms with Crippen LogP contribution in [0.4, 0.5) is 0 Å². The van der Waals surface area contributed by atoms with Gasteiger partial charge < -0.3 is 5.11 Å². The number of benzene rings is 1. The topological polar surface area (TPSA) is 54.4 Å². The molecule has 0 spiro atoms. The highest BCUT2D eigenvalue weighted by Gasteiger charge is 2.10. The first kappa shape index (κ1) is 14.4. The van der Waals surface area contributed by atoms with Crippen molar-refractivity contribution in [3.05, 3.63) is 35.4 Å². The van der Waals surface area contributed by atoms with E-state index < -0.39 is 5.97 Å². The molecule has 0 atom stereocenters. The minimum Gasteiger partial charge on any atom is -0.478 e. The molecule has 1 aromatic rings. The molecule has 0 heterocycles. The van der Waals surface area contributed by atoms with Gasteiger partial charge in [0.15, 0.2) is 0 Å². The summed E-state index contributed by atoms with van der Waals surface area (Å²) in [5, 5.41) is 8.84. The zero-order chi connectivity index (χ0) is 12.6. The number of carboxylic acid groups (broad SMARTS) is 1. The average molecular weight is 222 g/mol. The number of ketones is 1. The van der Waals surface area contributed by atoms with E-state index in [4.69, 9.17) is 5.11 Å². The summed E-state index contributed by atoms with van der Waals surface area (Å²) >= 11 is 0. The summed E-state index contributed by atoms with van der Waals surface area (Å²) in [4.78, 5) is 21.9. The lowest BCUT2D eigenvalue weighted by Crippen LogP contribution is -2.07. The van der Waals surface area contributed by atoms with Crippen molar-refractivity contribution in [1.29, 1.82) is 0 Å². The predicted molar refractivity (Wildman–Crippen MR) is 63.8 cm³/mol. The largest absolute Gasteiger partial charge is 0.478 e. The van der Waals surface area contributed by atoms with Crippen molar-refractivity contribution < 1.29 is 14.7 Å². The third kappa shape index (κ3) is 4.26. The molecular formula is C13H18O3. The van der Waals surface area contributed by atoms with Crippen LogP contribution in [0.2, 0.25) is 0 Å². The number of Topliss-reactive ketones (excluding diaryl/α,β-unsaturated/α-hetero) is 1. The first-order valence-electron chi connectivity index (χ1n) is 5.48. The predicted octanol–water partition coefficient (Wildman–Crippen LogP) is 2.93. The van der Waals surface area contributed by atoms with Crippen LogP contribution in [0, 0.1) is 0 Å². The van der Waals surface area contributed by atoms with Crippen LogP contribution < -0.4 is 0 Å². The van der Waals surface area contributed by atoms with Crippen LogP contribution in [0.3, 0.4) is 0 Å². The number of carbonyl (C=O) groups excluding carboxylic acids is 1. The van der Waals surface area contributed by atoms with Crippen molar-refractivity contribution in [2.24, 2.45) is 0 Å². The molecule has 88 valence electrons. The molecule has 1 N–H and O–H groups in total. The van der Waals surface area contributed by atoms with Gasteiger partial charge in [-0.2, -0.15) is 0 Å². The quantitative estimate of drug-likeness (QED) is 0.852. The molecule has 0 aliphatic rings. The first-order valence-corrected chi connectivity index (χ1v) is 5.48. The minimum absolute atomic E-state index is 0.0544. The number of rotatable bonds is 4. The summed E-state index contributed by atoms with van der Waals surface area (Å²) in [5.74, 6) is -0.928. The maximum atomic E-state index is 11.2. The van der Waals surface area contributed by atoms with Gasteiger partial charge >= 0.3 is 5.97 Å². The molecule has 1 rings (SSSR count). The van der Waals surface area contributed by atoms with E-state index >= 15 is 0 Å². The third-order valence-electron chi connectivity index (χ3n) is 2.03. The highest BCUT2D eigenvalue weighted by Crippen LogP contribution is 2.10. The van der Waals surface area contributed by atoms with Gasteiger partial charge in [0, 0.05) is 12.8 Å². The maximum Gasteiger partial charge on any atom is 0.335 e. The van der Waals surface area contributed by atoms with Gasteiger partial charge in [0.1, 0.15) is 5.78 Å². The number of aromatic carboxylic acids is 1. The Kier molecular flexibility index (Phi) is 6.84. The number of carboxylic acids is 1. The zero-order valence-corrected chi connectivity index (χ0v) is 9.99. The van der Waals surface area contributed by atoms with Crippen LogP contribution in [0.1, 0.15) is 43.1 Å². The second kappa shape index (κ2) is 7.63. The number of carbonyl (C=O) groups is 2. The van der Waals surface area contributed by atoms with E-state index in [1.165, 1.54) is 6.07 Å². The van der Waals surface area contributed by atoms with Crippen LogP contribution in [0.15, 0.2) is 24.3 Å². The Labute approximate surface area is 96.1 Å². The van der Waals surface area contributed by atoms with E-state index in [-0.39, 0.29) is 17.8 Å². The summed E-state index contributed by atoms with van der Waals surface area (Å²) in [6.07, 6.45) is 0.646. The van der Waals surface area contributed by atoms with Crippen LogP contribution in [-0.4, -0.2) is 16.9 Å². The molecule has 0 aliphatic heterocycles. The lowest BCUT2D eigenvalue weighted by molar-refractivity contribution is -0.118.